The molecule has 0 amide bonds. The van der Waals surface area contributed by atoms with Crippen molar-refractivity contribution in [3.05, 3.63) is 29.1 Å². The number of benzene rings is 1. The number of ether oxygens (including phenoxy) is 1. The van der Waals surface area contributed by atoms with E-state index < -0.39 is 18.5 Å². The zero-order chi connectivity index (χ0) is 12.1. The Hall–Kier alpha value is -1.65. The molecular formula is C11H13F2NO2. The van der Waals surface area contributed by atoms with Crippen molar-refractivity contribution in [3.63, 3.8) is 0 Å². The van der Waals surface area contributed by atoms with Gasteiger partial charge in [-0.3, -0.25) is 4.39 Å². The van der Waals surface area contributed by atoms with Crippen LogP contribution in [0.5, 0.6) is 0 Å². The van der Waals surface area contributed by atoms with E-state index in [4.69, 9.17) is 10.5 Å². The van der Waals surface area contributed by atoms with E-state index in [1.807, 2.05) is 0 Å². The molecule has 5 heteroatoms. The smallest absolute Gasteiger partial charge is 0.338 e. The molecule has 1 rings (SSSR count). The molecule has 0 spiro atoms. The highest BCUT2D eigenvalue weighted by Crippen LogP contribution is 2.18. The van der Waals surface area contributed by atoms with Crippen LogP contribution in [0.25, 0.3) is 0 Å². The molecule has 1 aromatic carbocycles. The number of nitrogens with two attached hydrogens (primary N) is 1. The maximum Gasteiger partial charge on any atom is 0.338 e. The molecule has 88 valence electrons. The molecule has 0 unspecified atom stereocenters. The third-order valence-electron chi connectivity index (χ3n) is 2.13. The number of nitrogen functional groups attached to an aromatic ring is 1. The number of rotatable bonds is 4. The number of esters is 1. The van der Waals surface area contributed by atoms with Gasteiger partial charge in [-0.25, -0.2) is 9.18 Å². The van der Waals surface area contributed by atoms with Gasteiger partial charge in [0.15, 0.2) is 0 Å². The minimum Gasteiger partial charge on any atom is -0.462 e. The van der Waals surface area contributed by atoms with E-state index in [0.717, 1.165) is 6.07 Å². The van der Waals surface area contributed by atoms with Gasteiger partial charge in [0.05, 0.1) is 18.8 Å². The molecule has 0 fully saturated rings. The van der Waals surface area contributed by atoms with Gasteiger partial charge < -0.3 is 10.5 Å². The minimum absolute atomic E-state index is 0.0231. The molecule has 0 aliphatic rings. The summed E-state index contributed by atoms with van der Waals surface area (Å²) in [5.74, 6) is -1.25. The fourth-order valence-electron chi connectivity index (χ4n) is 1.12. The molecule has 0 radical (unpaired) electrons. The van der Waals surface area contributed by atoms with Crippen LogP contribution in [-0.2, 0) is 4.74 Å². The Labute approximate surface area is 92.2 Å². The molecule has 0 bridgehead atoms. The Bertz CT molecular complexity index is 371. The number of carbonyl (C=O) groups excluding carboxylic acids is 1. The molecule has 0 saturated carbocycles. The first-order valence-corrected chi connectivity index (χ1v) is 4.85. The van der Waals surface area contributed by atoms with Gasteiger partial charge in [0.2, 0.25) is 0 Å². The van der Waals surface area contributed by atoms with Crippen LogP contribution in [0, 0.1) is 12.7 Å². The SMILES string of the molecule is Cc1c(N)cc(C(=O)OCCCF)cc1F. The number of halogens is 2. The van der Waals surface area contributed by atoms with E-state index in [0.29, 0.717) is 5.56 Å². The fraction of sp³-hybridized carbons (Fsp3) is 0.364. The second-order valence-corrected chi connectivity index (χ2v) is 3.35. The standard InChI is InChI=1S/C11H13F2NO2/c1-7-9(13)5-8(6-10(7)14)11(15)16-4-2-3-12/h5-6H,2-4,14H2,1H3. The van der Waals surface area contributed by atoms with E-state index >= 15 is 0 Å². The van der Waals surface area contributed by atoms with Gasteiger partial charge in [-0.2, -0.15) is 0 Å². The average molecular weight is 229 g/mol. The Morgan fingerprint density at radius 1 is 1.50 bits per heavy atom. The molecular weight excluding hydrogens is 216 g/mol. The minimum atomic E-state index is -0.695. The molecule has 0 atom stereocenters. The summed E-state index contributed by atoms with van der Waals surface area (Å²) in [6.07, 6.45) is 0.134. The summed E-state index contributed by atoms with van der Waals surface area (Å²) in [6.45, 7) is 0.936. The quantitative estimate of drug-likeness (QED) is 0.489. The van der Waals surface area contributed by atoms with E-state index in [-0.39, 0.29) is 24.3 Å². The van der Waals surface area contributed by atoms with Crippen molar-refractivity contribution in [1.82, 2.24) is 0 Å². The molecule has 1 aromatic rings. The van der Waals surface area contributed by atoms with Gasteiger partial charge in [-0.15, -0.1) is 0 Å². The highest BCUT2D eigenvalue weighted by Gasteiger charge is 2.11. The molecule has 2 N–H and O–H groups in total. The van der Waals surface area contributed by atoms with Crippen LogP contribution in [0.1, 0.15) is 22.3 Å². The Morgan fingerprint density at radius 3 is 2.75 bits per heavy atom. The van der Waals surface area contributed by atoms with Crippen molar-refractivity contribution in [2.45, 2.75) is 13.3 Å². The summed E-state index contributed by atoms with van der Waals surface area (Å²) in [5, 5.41) is 0. The molecule has 16 heavy (non-hydrogen) atoms. The third-order valence-corrected chi connectivity index (χ3v) is 2.13. The second-order valence-electron chi connectivity index (χ2n) is 3.35. The van der Waals surface area contributed by atoms with Crippen LogP contribution in [-0.4, -0.2) is 19.3 Å². The normalized spacial score (nSPS) is 10.2. The van der Waals surface area contributed by atoms with E-state index in [2.05, 4.69) is 0 Å². The van der Waals surface area contributed by atoms with E-state index in [1.54, 1.807) is 0 Å². The number of carbonyl (C=O) groups is 1. The third kappa shape index (κ3) is 2.92. The Morgan fingerprint density at radius 2 is 2.19 bits per heavy atom. The molecule has 3 nitrogen and oxygen atoms in total. The van der Waals surface area contributed by atoms with Crippen molar-refractivity contribution < 1.29 is 18.3 Å². The largest absolute Gasteiger partial charge is 0.462 e. The van der Waals surface area contributed by atoms with E-state index in [9.17, 15) is 13.6 Å². The van der Waals surface area contributed by atoms with Crippen molar-refractivity contribution in [1.29, 1.82) is 0 Å². The number of anilines is 1. The maximum atomic E-state index is 13.2. The van der Waals surface area contributed by atoms with Crippen molar-refractivity contribution in [2.24, 2.45) is 0 Å². The number of hydrogen-bond donors (Lipinski definition) is 1. The first-order valence-electron chi connectivity index (χ1n) is 4.85. The van der Waals surface area contributed by atoms with Gasteiger partial charge in [-0.05, 0) is 19.1 Å². The van der Waals surface area contributed by atoms with Gasteiger partial charge in [-0.1, -0.05) is 0 Å². The van der Waals surface area contributed by atoms with Gasteiger partial charge >= 0.3 is 5.97 Å². The van der Waals surface area contributed by atoms with Gasteiger partial charge in [0.1, 0.15) is 5.82 Å². The number of alkyl halides is 1. The summed E-state index contributed by atoms with van der Waals surface area (Å²) in [5.41, 5.74) is 6.03. The predicted molar refractivity (Wildman–Crippen MR) is 56.4 cm³/mol. The van der Waals surface area contributed by atoms with Crippen molar-refractivity contribution >= 4 is 11.7 Å². The van der Waals surface area contributed by atoms with Crippen LogP contribution >= 0.6 is 0 Å². The van der Waals surface area contributed by atoms with Gasteiger partial charge in [0, 0.05) is 17.7 Å². The lowest BCUT2D eigenvalue weighted by molar-refractivity contribution is 0.0493. The summed E-state index contributed by atoms with van der Waals surface area (Å²) in [6, 6.07) is 2.40. The highest BCUT2D eigenvalue weighted by molar-refractivity contribution is 5.90. The first-order chi connectivity index (χ1) is 7.56. The molecule has 0 saturated heterocycles. The highest BCUT2D eigenvalue weighted by atomic mass is 19.1. The van der Waals surface area contributed by atoms with Crippen LogP contribution in [0.3, 0.4) is 0 Å². The zero-order valence-corrected chi connectivity index (χ0v) is 8.93. The van der Waals surface area contributed by atoms with Crippen LogP contribution in [0.2, 0.25) is 0 Å². The monoisotopic (exact) mass is 229 g/mol. The zero-order valence-electron chi connectivity index (χ0n) is 8.93. The molecule has 0 heterocycles. The fourth-order valence-corrected chi connectivity index (χ4v) is 1.12. The topological polar surface area (TPSA) is 52.3 Å². The lowest BCUT2D eigenvalue weighted by Gasteiger charge is -2.06. The van der Waals surface area contributed by atoms with Gasteiger partial charge in [0.25, 0.3) is 0 Å². The number of hydrogen-bond acceptors (Lipinski definition) is 3. The summed E-state index contributed by atoms with van der Waals surface area (Å²) in [4.78, 5) is 11.4. The molecule has 0 aliphatic carbocycles. The summed E-state index contributed by atoms with van der Waals surface area (Å²) in [7, 11) is 0. The Balaban J connectivity index is 2.76. The summed E-state index contributed by atoms with van der Waals surface area (Å²) >= 11 is 0. The van der Waals surface area contributed by atoms with Crippen LogP contribution in [0.4, 0.5) is 14.5 Å². The van der Waals surface area contributed by atoms with E-state index in [1.165, 1.54) is 13.0 Å². The predicted octanol–water partition coefficient (Wildman–Crippen LogP) is 2.23. The first kappa shape index (κ1) is 12.4. The van der Waals surface area contributed by atoms with Crippen molar-refractivity contribution in [3.8, 4) is 0 Å². The lowest BCUT2D eigenvalue weighted by atomic mass is 10.1. The summed E-state index contributed by atoms with van der Waals surface area (Å²) < 4.78 is 29.7. The Kier molecular flexibility index (Phi) is 4.22. The second kappa shape index (κ2) is 5.44. The van der Waals surface area contributed by atoms with Crippen LogP contribution < -0.4 is 5.73 Å². The maximum absolute atomic E-state index is 13.2. The molecule has 0 aromatic heterocycles. The van der Waals surface area contributed by atoms with Crippen LogP contribution in [0.15, 0.2) is 12.1 Å². The molecule has 0 aliphatic heterocycles. The lowest BCUT2D eigenvalue weighted by Crippen LogP contribution is -2.08. The van der Waals surface area contributed by atoms with Crippen molar-refractivity contribution in [2.75, 3.05) is 19.0 Å². The average Bonchev–Trinajstić information content (AvgIpc) is 2.25.